The number of nitrogens with one attached hydrogen (secondary N) is 2. The molecular formula is C24H42IN5O3. The highest BCUT2D eigenvalue weighted by atomic mass is 127. The number of hydrogen-bond donors (Lipinski definition) is 2. The fourth-order valence-corrected chi connectivity index (χ4v) is 4.55. The third-order valence-corrected chi connectivity index (χ3v) is 6.16. The van der Waals surface area contributed by atoms with Crippen LogP contribution in [0.5, 0.6) is 0 Å². The second-order valence-corrected chi connectivity index (χ2v) is 9.88. The molecule has 1 amide bonds. The van der Waals surface area contributed by atoms with Crippen LogP contribution in [-0.4, -0.2) is 73.8 Å². The lowest BCUT2D eigenvalue weighted by Gasteiger charge is -2.34. The maximum Gasteiger partial charge on any atom is 0.410 e. The molecule has 3 heterocycles. The summed E-state index contributed by atoms with van der Waals surface area (Å²) in [6, 6.07) is 4.23. The van der Waals surface area contributed by atoms with Gasteiger partial charge in [-0.25, -0.2) is 4.79 Å². The van der Waals surface area contributed by atoms with Crippen LogP contribution in [0.25, 0.3) is 0 Å². The number of amides is 1. The Morgan fingerprint density at radius 3 is 2.64 bits per heavy atom. The largest absolute Gasteiger partial charge is 0.468 e. The second-order valence-electron chi connectivity index (χ2n) is 9.88. The number of carbonyl (C=O) groups is 1. The first-order valence-electron chi connectivity index (χ1n) is 12.1. The van der Waals surface area contributed by atoms with Gasteiger partial charge < -0.3 is 24.7 Å². The maximum absolute atomic E-state index is 12.4. The van der Waals surface area contributed by atoms with E-state index in [2.05, 4.69) is 26.6 Å². The third kappa shape index (κ3) is 8.99. The summed E-state index contributed by atoms with van der Waals surface area (Å²) in [5.74, 6) is 2.28. The average Bonchev–Trinajstić information content (AvgIpc) is 3.46. The lowest BCUT2D eigenvalue weighted by atomic mass is 9.95. The molecule has 0 radical (unpaired) electrons. The van der Waals surface area contributed by atoms with E-state index in [0.29, 0.717) is 5.92 Å². The van der Waals surface area contributed by atoms with Gasteiger partial charge in [-0.1, -0.05) is 0 Å². The fraction of sp³-hybridized carbons (Fsp3) is 0.750. The Morgan fingerprint density at radius 1 is 1.24 bits per heavy atom. The van der Waals surface area contributed by atoms with Gasteiger partial charge in [0.15, 0.2) is 5.96 Å². The topological polar surface area (TPSA) is 82.3 Å². The lowest BCUT2D eigenvalue weighted by Crippen LogP contribution is -2.45. The predicted molar refractivity (Wildman–Crippen MR) is 142 cm³/mol. The molecule has 3 rings (SSSR count). The van der Waals surface area contributed by atoms with Crippen molar-refractivity contribution in [3.8, 4) is 0 Å². The molecule has 2 unspecified atom stereocenters. The van der Waals surface area contributed by atoms with Crippen molar-refractivity contribution in [1.29, 1.82) is 0 Å². The van der Waals surface area contributed by atoms with Gasteiger partial charge in [0.25, 0.3) is 0 Å². The van der Waals surface area contributed by atoms with Gasteiger partial charge in [0.1, 0.15) is 11.4 Å². The zero-order valence-corrected chi connectivity index (χ0v) is 23.0. The van der Waals surface area contributed by atoms with E-state index in [-0.39, 0.29) is 36.1 Å². The standard InChI is InChI=1S/C24H41N5O3.HI/c1-24(2,3)32-23(30)29-15-7-9-19(18-29)11-12-26-22(25-4)27-17-20(21-10-8-16-31-21)28-13-5-6-14-28;/h8,10,16,19-20H,5-7,9,11-15,17-18H2,1-4H3,(H2,25,26,27);1H. The van der Waals surface area contributed by atoms with Gasteiger partial charge in [0.05, 0.1) is 12.3 Å². The number of piperidine rings is 1. The highest BCUT2D eigenvalue weighted by Crippen LogP contribution is 2.25. The quantitative estimate of drug-likeness (QED) is 0.288. The van der Waals surface area contributed by atoms with Crippen LogP contribution in [0.1, 0.15) is 64.7 Å². The Hall–Kier alpha value is -1.49. The van der Waals surface area contributed by atoms with E-state index in [1.807, 2.05) is 31.7 Å². The van der Waals surface area contributed by atoms with E-state index in [4.69, 9.17) is 9.15 Å². The minimum absolute atomic E-state index is 0. The first kappa shape index (κ1) is 27.8. The Bertz CT molecular complexity index is 729. The fourth-order valence-electron chi connectivity index (χ4n) is 4.55. The van der Waals surface area contributed by atoms with Gasteiger partial charge in [0.2, 0.25) is 0 Å². The molecule has 8 nitrogen and oxygen atoms in total. The molecule has 33 heavy (non-hydrogen) atoms. The van der Waals surface area contributed by atoms with Crippen LogP contribution in [0.3, 0.4) is 0 Å². The molecule has 188 valence electrons. The maximum atomic E-state index is 12.4. The molecule has 2 saturated heterocycles. The van der Waals surface area contributed by atoms with Crippen molar-refractivity contribution in [1.82, 2.24) is 20.4 Å². The Labute approximate surface area is 215 Å². The van der Waals surface area contributed by atoms with E-state index in [9.17, 15) is 4.79 Å². The summed E-state index contributed by atoms with van der Waals surface area (Å²) < 4.78 is 11.3. The predicted octanol–water partition coefficient (Wildman–Crippen LogP) is 4.24. The normalized spacial score (nSPS) is 20.8. The number of furan rings is 1. The van der Waals surface area contributed by atoms with Crippen molar-refractivity contribution in [2.24, 2.45) is 10.9 Å². The van der Waals surface area contributed by atoms with Crippen LogP contribution < -0.4 is 10.6 Å². The zero-order chi connectivity index (χ0) is 23.0. The van der Waals surface area contributed by atoms with Gasteiger partial charge in [-0.05, 0) is 84.0 Å². The summed E-state index contributed by atoms with van der Waals surface area (Å²) in [5.41, 5.74) is -0.452. The number of rotatable bonds is 7. The van der Waals surface area contributed by atoms with E-state index < -0.39 is 5.60 Å². The van der Waals surface area contributed by atoms with Gasteiger partial charge in [-0.15, -0.1) is 24.0 Å². The monoisotopic (exact) mass is 575 g/mol. The van der Waals surface area contributed by atoms with E-state index in [1.165, 1.54) is 12.8 Å². The first-order valence-corrected chi connectivity index (χ1v) is 12.1. The molecule has 0 aliphatic carbocycles. The van der Waals surface area contributed by atoms with Crippen LogP contribution in [0.2, 0.25) is 0 Å². The molecule has 0 bridgehead atoms. The molecule has 2 fully saturated rings. The molecule has 2 atom stereocenters. The molecule has 9 heteroatoms. The van der Waals surface area contributed by atoms with Crippen LogP contribution in [0.15, 0.2) is 27.8 Å². The molecule has 2 aliphatic heterocycles. The second kappa shape index (κ2) is 13.4. The number of halogens is 1. The average molecular weight is 576 g/mol. The SMILES string of the molecule is CN=C(NCCC1CCCN(C(=O)OC(C)(C)C)C1)NCC(c1ccco1)N1CCCC1.I. The van der Waals surface area contributed by atoms with Crippen molar-refractivity contribution in [3.63, 3.8) is 0 Å². The van der Waals surface area contributed by atoms with E-state index >= 15 is 0 Å². The molecule has 1 aromatic heterocycles. The number of hydrogen-bond acceptors (Lipinski definition) is 5. The Kier molecular flexibility index (Phi) is 11.3. The molecule has 2 N–H and O–H groups in total. The van der Waals surface area contributed by atoms with Crippen LogP contribution in [0, 0.1) is 5.92 Å². The summed E-state index contributed by atoms with van der Waals surface area (Å²) in [4.78, 5) is 21.1. The van der Waals surface area contributed by atoms with Crippen molar-refractivity contribution in [2.75, 3.05) is 46.3 Å². The number of aliphatic imine (C=N–C) groups is 1. The highest BCUT2D eigenvalue weighted by molar-refractivity contribution is 14.0. The van der Waals surface area contributed by atoms with Gasteiger partial charge in [-0.2, -0.15) is 0 Å². The van der Waals surface area contributed by atoms with E-state index in [0.717, 1.165) is 70.3 Å². The molecular weight excluding hydrogens is 533 g/mol. The van der Waals surface area contributed by atoms with Crippen molar-refractivity contribution < 1.29 is 13.9 Å². The Balaban J connectivity index is 0.00000385. The minimum atomic E-state index is -0.452. The van der Waals surface area contributed by atoms with Crippen LogP contribution in [0.4, 0.5) is 4.79 Å². The van der Waals surface area contributed by atoms with Crippen molar-refractivity contribution >= 4 is 36.0 Å². The van der Waals surface area contributed by atoms with Crippen molar-refractivity contribution in [2.45, 2.75) is 64.5 Å². The number of guanidine groups is 1. The summed E-state index contributed by atoms with van der Waals surface area (Å²) in [6.45, 7) is 11.1. The van der Waals surface area contributed by atoms with E-state index in [1.54, 1.807) is 13.3 Å². The number of likely N-dealkylation sites (tertiary alicyclic amines) is 2. The van der Waals surface area contributed by atoms with Crippen LogP contribution in [-0.2, 0) is 4.74 Å². The summed E-state index contributed by atoms with van der Waals surface area (Å²) in [7, 11) is 1.80. The number of carbonyl (C=O) groups excluding carboxylic acids is 1. The molecule has 2 aliphatic rings. The van der Waals surface area contributed by atoms with Gasteiger partial charge >= 0.3 is 6.09 Å². The minimum Gasteiger partial charge on any atom is -0.468 e. The number of nitrogens with zero attached hydrogens (tertiary/aromatic N) is 3. The van der Waals surface area contributed by atoms with Crippen molar-refractivity contribution in [3.05, 3.63) is 24.2 Å². The summed E-state index contributed by atoms with van der Waals surface area (Å²) in [6.07, 6.45) is 7.19. The molecule has 0 spiro atoms. The molecule has 0 aromatic carbocycles. The summed E-state index contributed by atoms with van der Waals surface area (Å²) >= 11 is 0. The molecule has 0 saturated carbocycles. The third-order valence-electron chi connectivity index (χ3n) is 6.16. The number of ether oxygens (including phenoxy) is 1. The molecule has 1 aromatic rings. The smallest absolute Gasteiger partial charge is 0.410 e. The Morgan fingerprint density at radius 2 is 2.00 bits per heavy atom. The highest BCUT2D eigenvalue weighted by Gasteiger charge is 2.28. The first-order chi connectivity index (χ1) is 15.4. The summed E-state index contributed by atoms with van der Waals surface area (Å²) in [5, 5.41) is 6.92. The van der Waals surface area contributed by atoms with Gasteiger partial charge in [0, 0.05) is 33.2 Å². The zero-order valence-electron chi connectivity index (χ0n) is 20.6. The van der Waals surface area contributed by atoms with Crippen LogP contribution >= 0.6 is 24.0 Å². The lowest BCUT2D eigenvalue weighted by molar-refractivity contribution is 0.0162. The van der Waals surface area contributed by atoms with Gasteiger partial charge in [-0.3, -0.25) is 9.89 Å².